The molecule has 0 fully saturated rings. The van der Waals surface area contributed by atoms with Gasteiger partial charge in [-0.2, -0.15) is 0 Å². The van der Waals surface area contributed by atoms with Crippen LogP contribution in [0.25, 0.3) is 0 Å². The largest absolute Gasteiger partial charge is 0.455 e. The molecule has 140 valence electrons. The first-order valence-electron chi connectivity index (χ1n) is 8.42. The number of nitro benzene ring substituents is 1. The van der Waals surface area contributed by atoms with Crippen molar-refractivity contribution in [3.05, 3.63) is 68.2 Å². The van der Waals surface area contributed by atoms with Gasteiger partial charge in [-0.05, 0) is 48.1 Å². The van der Waals surface area contributed by atoms with Crippen molar-refractivity contribution in [3.63, 3.8) is 0 Å². The molecule has 0 saturated carbocycles. The highest BCUT2D eigenvalue weighted by atomic mass is 35.5. The van der Waals surface area contributed by atoms with E-state index in [9.17, 15) is 19.7 Å². The van der Waals surface area contributed by atoms with Gasteiger partial charge >= 0.3 is 5.97 Å². The van der Waals surface area contributed by atoms with Gasteiger partial charge in [0.05, 0.1) is 11.3 Å². The van der Waals surface area contributed by atoms with E-state index in [-0.39, 0.29) is 22.8 Å². The highest BCUT2D eigenvalue weighted by Gasteiger charge is 2.18. The maximum atomic E-state index is 12.0. The minimum Gasteiger partial charge on any atom is -0.455 e. The van der Waals surface area contributed by atoms with Crippen LogP contribution >= 0.6 is 11.6 Å². The normalized spacial score (nSPS) is 12.3. The lowest BCUT2D eigenvalue weighted by molar-refractivity contribution is -0.383. The fraction of sp³-hybridized carbons (Fsp3) is 0.263. The van der Waals surface area contributed by atoms with Gasteiger partial charge < -0.3 is 10.1 Å². The summed E-state index contributed by atoms with van der Waals surface area (Å²) in [6.45, 7) is -0.534. The lowest BCUT2D eigenvalue weighted by atomic mass is 10.0. The Morgan fingerprint density at radius 3 is 2.70 bits per heavy atom. The van der Waals surface area contributed by atoms with Gasteiger partial charge in [0.25, 0.3) is 11.6 Å². The molecule has 1 amide bonds. The fourth-order valence-corrected chi connectivity index (χ4v) is 3.22. The number of halogens is 1. The zero-order valence-corrected chi connectivity index (χ0v) is 15.1. The zero-order valence-electron chi connectivity index (χ0n) is 14.4. The number of aryl methyl sites for hydroxylation is 2. The Balaban J connectivity index is 1.54. The number of carbonyl (C=O) groups is 2. The van der Waals surface area contributed by atoms with E-state index in [1.165, 1.54) is 29.3 Å². The SMILES string of the molecule is O=C(COC(=O)Cc1ccc2c(c1)CCC2)Nc1cc(Cl)ccc1[N+](=O)[O-]. The average molecular weight is 389 g/mol. The van der Waals surface area contributed by atoms with Crippen molar-refractivity contribution >= 4 is 34.9 Å². The van der Waals surface area contributed by atoms with Crippen LogP contribution in [0.3, 0.4) is 0 Å². The van der Waals surface area contributed by atoms with E-state index in [0.717, 1.165) is 24.8 Å². The van der Waals surface area contributed by atoms with Crippen molar-refractivity contribution in [1.82, 2.24) is 0 Å². The Hall–Kier alpha value is -2.93. The summed E-state index contributed by atoms with van der Waals surface area (Å²) in [5, 5.41) is 13.6. The number of hydrogen-bond donors (Lipinski definition) is 1. The van der Waals surface area contributed by atoms with Crippen LogP contribution in [-0.2, 0) is 33.6 Å². The Bertz CT molecular complexity index is 913. The molecule has 1 N–H and O–H groups in total. The molecule has 0 radical (unpaired) electrons. The van der Waals surface area contributed by atoms with Crippen LogP contribution in [0.15, 0.2) is 36.4 Å². The Labute approximate surface area is 160 Å². The molecule has 3 rings (SSSR count). The molecular weight excluding hydrogens is 372 g/mol. The molecule has 27 heavy (non-hydrogen) atoms. The van der Waals surface area contributed by atoms with Crippen molar-refractivity contribution in [2.24, 2.45) is 0 Å². The standard InChI is InChI=1S/C19H17ClN2O5/c20-15-6-7-17(22(25)26)16(10-15)21-18(23)11-27-19(24)9-12-4-5-13-2-1-3-14(13)8-12/h4-8,10H,1-3,9,11H2,(H,21,23). The van der Waals surface area contributed by atoms with Gasteiger partial charge in [0.2, 0.25) is 0 Å². The summed E-state index contributed by atoms with van der Waals surface area (Å²) in [6.07, 6.45) is 3.27. The highest BCUT2D eigenvalue weighted by molar-refractivity contribution is 6.31. The summed E-state index contributed by atoms with van der Waals surface area (Å²) in [6, 6.07) is 9.73. The number of benzene rings is 2. The van der Waals surface area contributed by atoms with Crippen LogP contribution in [-0.4, -0.2) is 23.4 Å². The smallest absolute Gasteiger partial charge is 0.310 e. The Kier molecular flexibility index (Phi) is 5.71. The molecular formula is C19H17ClN2O5. The minimum absolute atomic E-state index is 0.0489. The van der Waals surface area contributed by atoms with E-state index in [0.29, 0.717) is 0 Å². The van der Waals surface area contributed by atoms with Crippen molar-refractivity contribution in [2.75, 3.05) is 11.9 Å². The molecule has 0 heterocycles. The summed E-state index contributed by atoms with van der Waals surface area (Å²) in [5.74, 6) is -1.22. The molecule has 1 aliphatic carbocycles. The lowest BCUT2D eigenvalue weighted by Gasteiger charge is -2.08. The summed E-state index contributed by atoms with van der Waals surface area (Å²) in [5.41, 5.74) is 3.07. The molecule has 8 heteroatoms. The molecule has 0 atom stereocenters. The zero-order chi connectivity index (χ0) is 19.4. The quantitative estimate of drug-likeness (QED) is 0.464. The molecule has 2 aromatic carbocycles. The number of fused-ring (bicyclic) bond motifs is 1. The number of carbonyl (C=O) groups excluding carboxylic acids is 2. The second-order valence-electron chi connectivity index (χ2n) is 6.26. The second kappa shape index (κ2) is 8.18. The van der Waals surface area contributed by atoms with E-state index in [4.69, 9.17) is 16.3 Å². The third kappa shape index (κ3) is 4.83. The van der Waals surface area contributed by atoms with Crippen LogP contribution in [0.2, 0.25) is 5.02 Å². The predicted octanol–water partition coefficient (Wildman–Crippen LogP) is 3.46. The Morgan fingerprint density at radius 1 is 1.15 bits per heavy atom. The second-order valence-corrected chi connectivity index (χ2v) is 6.70. The first-order valence-corrected chi connectivity index (χ1v) is 8.80. The van der Waals surface area contributed by atoms with Crippen LogP contribution in [0, 0.1) is 10.1 Å². The Morgan fingerprint density at radius 2 is 1.93 bits per heavy atom. The van der Waals surface area contributed by atoms with Gasteiger partial charge in [-0.25, -0.2) is 0 Å². The highest BCUT2D eigenvalue weighted by Crippen LogP contribution is 2.27. The van der Waals surface area contributed by atoms with Crippen molar-refractivity contribution in [2.45, 2.75) is 25.7 Å². The summed E-state index contributed by atoms with van der Waals surface area (Å²) >= 11 is 5.80. The molecule has 0 bridgehead atoms. The number of esters is 1. The van der Waals surface area contributed by atoms with Gasteiger partial charge in [0.15, 0.2) is 6.61 Å². The number of rotatable bonds is 6. The first-order chi connectivity index (χ1) is 12.9. The van der Waals surface area contributed by atoms with Gasteiger partial charge in [0, 0.05) is 11.1 Å². The number of hydrogen-bond acceptors (Lipinski definition) is 5. The molecule has 0 unspecified atom stereocenters. The van der Waals surface area contributed by atoms with E-state index >= 15 is 0 Å². The van der Waals surface area contributed by atoms with Crippen molar-refractivity contribution in [1.29, 1.82) is 0 Å². The number of amides is 1. The van der Waals surface area contributed by atoms with Crippen LogP contribution in [0.4, 0.5) is 11.4 Å². The molecule has 0 aromatic heterocycles. The number of nitrogens with zero attached hydrogens (tertiary/aromatic N) is 1. The number of anilines is 1. The van der Waals surface area contributed by atoms with Gasteiger partial charge in [-0.1, -0.05) is 29.8 Å². The summed E-state index contributed by atoms with van der Waals surface area (Å²) < 4.78 is 4.98. The fourth-order valence-electron chi connectivity index (χ4n) is 3.05. The molecule has 7 nitrogen and oxygen atoms in total. The van der Waals surface area contributed by atoms with E-state index in [1.807, 2.05) is 18.2 Å². The summed E-state index contributed by atoms with van der Waals surface area (Å²) in [7, 11) is 0. The number of nitro groups is 1. The topological polar surface area (TPSA) is 98.5 Å². The monoisotopic (exact) mass is 388 g/mol. The van der Waals surface area contributed by atoms with Crippen LogP contribution in [0.1, 0.15) is 23.1 Å². The third-order valence-electron chi connectivity index (χ3n) is 4.31. The van der Waals surface area contributed by atoms with Gasteiger partial charge in [0.1, 0.15) is 5.69 Å². The van der Waals surface area contributed by atoms with Crippen LogP contribution in [0.5, 0.6) is 0 Å². The third-order valence-corrected chi connectivity index (χ3v) is 4.54. The maximum Gasteiger partial charge on any atom is 0.310 e. The van der Waals surface area contributed by atoms with E-state index < -0.39 is 23.4 Å². The first kappa shape index (κ1) is 18.8. The van der Waals surface area contributed by atoms with Gasteiger partial charge in [-0.3, -0.25) is 19.7 Å². The maximum absolute atomic E-state index is 12.0. The average Bonchev–Trinajstić information content (AvgIpc) is 3.07. The lowest BCUT2D eigenvalue weighted by Crippen LogP contribution is -2.22. The summed E-state index contributed by atoms with van der Waals surface area (Å²) in [4.78, 5) is 34.3. The van der Waals surface area contributed by atoms with Crippen molar-refractivity contribution < 1.29 is 19.2 Å². The number of nitrogens with one attached hydrogen (secondary N) is 1. The van der Waals surface area contributed by atoms with Gasteiger partial charge in [-0.15, -0.1) is 0 Å². The van der Waals surface area contributed by atoms with Crippen LogP contribution < -0.4 is 5.32 Å². The van der Waals surface area contributed by atoms with E-state index in [2.05, 4.69) is 5.32 Å². The molecule has 0 saturated heterocycles. The minimum atomic E-state index is -0.678. The molecule has 0 aliphatic heterocycles. The predicted molar refractivity (Wildman–Crippen MR) is 99.9 cm³/mol. The van der Waals surface area contributed by atoms with Crippen molar-refractivity contribution in [3.8, 4) is 0 Å². The molecule has 0 spiro atoms. The number of ether oxygens (including phenoxy) is 1. The van der Waals surface area contributed by atoms with E-state index in [1.54, 1.807) is 0 Å². The molecule has 2 aromatic rings. The molecule has 1 aliphatic rings.